The van der Waals surface area contributed by atoms with E-state index in [1.54, 1.807) is 0 Å². The maximum atomic E-state index is 6.21. The number of hydrogen-bond donors (Lipinski definition) is 0. The van der Waals surface area contributed by atoms with Gasteiger partial charge >= 0.3 is 0 Å². The van der Waals surface area contributed by atoms with Crippen LogP contribution in [-0.2, 0) is 4.43 Å². The topological polar surface area (TPSA) is 15.7 Å². The summed E-state index contributed by atoms with van der Waals surface area (Å²) in [5, 5.41) is 1.30. The smallest absolute Gasteiger partial charge is 0.218 e. The third-order valence-corrected chi connectivity index (χ3v) is 12.0. The van der Waals surface area contributed by atoms with Crippen LogP contribution < -0.4 is 15.0 Å². The normalized spacial score (nSPS) is 11.6. The van der Waals surface area contributed by atoms with Crippen molar-refractivity contribution in [2.45, 2.75) is 82.3 Å². The van der Waals surface area contributed by atoms with Crippen molar-refractivity contribution in [3.8, 4) is 0 Å². The second kappa shape index (κ2) is 13.5. The SMILES string of the molecule is CCO[Si](C)(C)c1ccc(N(c2ccc(N(c3c(C)cc(C)cc3C)c3c(C)cc(C)cc3C)cc2)c2c(C)cc(C)cc2C)cc1. The Kier molecular flexibility index (Phi) is 9.86. The molecule has 0 spiro atoms. The minimum Gasteiger partial charge on any atom is -0.413 e. The van der Waals surface area contributed by atoms with Crippen molar-refractivity contribution in [3.63, 3.8) is 0 Å². The molecule has 5 aromatic carbocycles. The predicted octanol–water partition coefficient (Wildman–Crippen LogP) is 11.9. The molecule has 0 radical (unpaired) electrons. The highest BCUT2D eigenvalue weighted by molar-refractivity contribution is 6.84. The number of benzene rings is 5. The summed E-state index contributed by atoms with van der Waals surface area (Å²) in [5.74, 6) is 0. The second-order valence-electron chi connectivity index (χ2n) is 13.9. The molecule has 5 aromatic rings. The molecule has 0 heterocycles. The number of aryl methyl sites for hydroxylation is 9. The van der Waals surface area contributed by atoms with E-state index >= 15 is 0 Å². The summed E-state index contributed by atoms with van der Waals surface area (Å²) < 4.78 is 6.21. The highest BCUT2D eigenvalue weighted by atomic mass is 28.4. The lowest BCUT2D eigenvalue weighted by molar-refractivity contribution is 0.339. The van der Waals surface area contributed by atoms with Crippen LogP contribution in [0, 0.1) is 62.3 Å². The Labute approximate surface area is 285 Å². The molecule has 0 aliphatic rings. The van der Waals surface area contributed by atoms with E-state index in [0.29, 0.717) is 0 Å². The first-order chi connectivity index (χ1) is 22.2. The monoisotopic (exact) mass is 640 g/mol. The molecule has 0 amide bonds. The summed E-state index contributed by atoms with van der Waals surface area (Å²) in [7, 11) is -1.96. The standard InChI is InChI=1S/C43H52N2OSi/c1-13-46-47(11,12)40-20-18-38(19-21-40)44(41-31(5)22-28(2)23-32(41)6)37-14-16-39(17-15-37)45(42-33(7)24-29(3)25-34(42)8)43-35(9)26-30(4)27-36(43)10/h14-27H,13H2,1-12H3. The summed E-state index contributed by atoms with van der Waals surface area (Å²) in [5.41, 5.74) is 18.6. The highest BCUT2D eigenvalue weighted by Gasteiger charge is 2.26. The molecule has 0 saturated heterocycles. The third kappa shape index (κ3) is 6.95. The summed E-state index contributed by atoms with van der Waals surface area (Å²) in [4.78, 5) is 4.89. The second-order valence-corrected chi connectivity index (χ2v) is 17.8. The Morgan fingerprint density at radius 1 is 0.447 bits per heavy atom. The quantitative estimate of drug-likeness (QED) is 0.149. The maximum Gasteiger partial charge on any atom is 0.218 e. The van der Waals surface area contributed by atoms with E-state index in [9.17, 15) is 0 Å². The van der Waals surface area contributed by atoms with Crippen molar-refractivity contribution in [2.75, 3.05) is 16.4 Å². The maximum absolute atomic E-state index is 6.21. The Bertz CT molecular complexity index is 1780. The van der Waals surface area contributed by atoms with Crippen molar-refractivity contribution in [3.05, 3.63) is 135 Å². The van der Waals surface area contributed by atoms with Gasteiger partial charge in [-0.3, -0.25) is 0 Å². The van der Waals surface area contributed by atoms with Gasteiger partial charge in [0.1, 0.15) is 0 Å². The first-order valence-electron chi connectivity index (χ1n) is 16.9. The first kappa shape index (κ1) is 34.2. The molecule has 0 fully saturated rings. The number of anilines is 6. The average Bonchev–Trinajstić information content (AvgIpc) is 2.97. The van der Waals surface area contributed by atoms with Crippen molar-refractivity contribution in [1.82, 2.24) is 0 Å². The highest BCUT2D eigenvalue weighted by Crippen LogP contribution is 2.45. The van der Waals surface area contributed by atoms with E-state index in [1.165, 1.54) is 72.3 Å². The van der Waals surface area contributed by atoms with E-state index in [-0.39, 0.29) is 0 Å². The van der Waals surface area contributed by atoms with Crippen LogP contribution in [0.1, 0.15) is 57.0 Å². The van der Waals surface area contributed by atoms with Gasteiger partial charge in [0.25, 0.3) is 0 Å². The minimum absolute atomic E-state index is 0.738. The molecule has 47 heavy (non-hydrogen) atoms. The van der Waals surface area contributed by atoms with Crippen molar-refractivity contribution in [2.24, 2.45) is 0 Å². The first-order valence-corrected chi connectivity index (χ1v) is 19.8. The zero-order valence-electron chi connectivity index (χ0n) is 30.6. The number of nitrogens with zero attached hydrogens (tertiary/aromatic N) is 2. The molecule has 3 nitrogen and oxygen atoms in total. The van der Waals surface area contributed by atoms with Crippen LogP contribution in [0.15, 0.2) is 84.9 Å². The van der Waals surface area contributed by atoms with Gasteiger partial charge in [-0.25, -0.2) is 0 Å². The van der Waals surface area contributed by atoms with Gasteiger partial charge in [0.2, 0.25) is 8.32 Å². The molecule has 0 saturated carbocycles. The van der Waals surface area contributed by atoms with E-state index in [4.69, 9.17) is 4.43 Å². The number of rotatable bonds is 9. The van der Waals surface area contributed by atoms with Gasteiger partial charge < -0.3 is 14.2 Å². The van der Waals surface area contributed by atoms with Gasteiger partial charge in [0.15, 0.2) is 0 Å². The molecule has 0 N–H and O–H groups in total. The molecular formula is C43H52N2OSi. The van der Waals surface area contributed by atoms with Crippen molar-refractivity contribution >= 4 is 47.6 Å². The minimum atomic E-state index is -1.96. The molecule has 4 heteroatoms. The molecule has 5 rings (SSSR count). The van der Waals surface area contributed by atoms with E-state index < -0.39 is 8.32 Å². The Balaban J connectivity index is 1.69. The fourth-order valence-corrected chi connectivity index (χ4v) is 9.42. The molecule has 0 atom stereocenters. The zero-order valence-corrected chi connectivity index (χ0v) is 31.6. The van der Waals surface area contributed by atoms with Gasteiger partial charge in [0.05, 0.1) is 17.1 Å². The summed E-state index contributed by atoms with van der Waals surface area (Å²) in [6.07, 6.45) is 0. The lowest BCUT2D eigenvalue weighted by Crippen LogP contribution is -2.44. The van der Waals surface area contributed by atoms with Crippen LogP contribution in [-0.4, -0.2) is 14.9 Å². The third-order valence-electron chi connectivity index (χ3n) is 9.27. The van der Waals surface area contributed by atoms with Gasteiger partial charge in [0, 0.05) is 23.7 Å². The molecular weight excluding hydrogens is 589 g/mol. The Hall–Kier alpha value is -4.12. The van der Waals surface area contributed by atoms with E-state index in [1.807, 2.05) is 0 Å². The van der Waals surface area contributed by atoms with Crippen LogP contribution in [0.25, 0.3) is 0 Å². The van der Waals surface area contributed by atoms with Gasteiger partial charge in [-0.2, -0.15) is 0 Å². The molecule has 0 aliphatic carbocycles. The number of hydrogen-bond acceptors (Lipinski definition) is 3. The fourth-order valence-electron chi connectivity index (χ4n) is 7.56. The van der Waals surface area contributed by atoms with Crippen LogP contribution in [0.2, 0.25) is 13.1 Å². The van der Waals surface area contributed by atoms with Crippen molar-refractivity contribution < 1.29 is 4.43 Å². The predicted molar refractivity (Wildman–Crippen MR) is 207 cm³/mol. The zero-order chi connectivity index (χ0) is 34.2. The van der Waals surface area contributed by atoms with Crippen molar-refractivity contribution in [1.29, 1.82) is 0 Å². The Morgan fingerprint density at radius 2 is 0.723 bits per heavy atom. The largest absolute Gasteiger partial charge is 0.413 e. The van der Waals surface area contributed by atoms with Gasteiger partial charge in [-0.15, -0.1) is 0 Å². The lowest BCUT2D eigenvalue weighted by atomic mass is 9.98. The molecule has 0 unspecified atom stereocenters. The summed E-state index contributed by atoms with van der Waals surface area (Å²) in [6, 6.07) is 32.0. The van der Waals surface area contributed by atoms with E-state index in [0.717, 1.165) is 23.7 Å². The fraction of sp³-hybridized carbons (Fsp3) is 0.302. The average molecular weight is 641 g/mol. The van der Waals surface area contributed by atoms with Crippen LogP contribution in [0.3, 0.4) is 0 Å². The molecule has 0 aromatic heterocycles. The Morgan fingerprint density at radius 3 is 1.04 bits per heavy atom. The molecule has 0 bridgehead atoms. The van der Waals surface area contributed by atoms with Crippen LogP contribution >= 0.6 is 0 Å². The molecule has 0 aliphatic heterocycles. The summed E-state index contributed by atoms with van der Waals surface area (Å²) >= 11 is 0. The van der Waals surface area contributed by atoms with Crippen LogP contribution in [0.5, 0.6) is 0 Å². The van der Waals surface area contributed by atoms with Gasteiger partial charge in [-0.1, -0.05) is 65.2 Å². The summed E-state index contributed by atoms with van der Waals surface area (Å²) in [6.45, 7) is 27.3. The lowest BCUT2D eigenvalue weighted by Gasteiger charge is -2.33. The van der Waals surface area contributed by atoms with Gasteiger partial charge in [-0.05, 0) is 157 Å². The molecule has 244 valence electrons. The van der Waals surface area contributed by atoms with E-state index in [2.05, 4.69) is 177 Å². The van der Waals surface area contributed by atoms with Crippen LogP contribution in [0.4, 0.5) is 34.1 Å².